The Morgan fingerprint density at radius 2 is 0.591 bits per heavy atom. The van der Waals surface area contributed by atoms with Crippen molar-refractivity contribution in [2.45, 2.75) is 297 Å². The third kappa shape index (κ3) is 42.8. The van der Waals surface area contributed by atoms with Crippen LogP contribution in [-0.2, 0) is 19.1 Å². The van der Waals surface area contributed by atoms with E-state index in [1.54, 1.807) is 0 Å². The van der Waals surface area contributed by atoms with Crippen molar-refractivity contribution < 1.29 is 19.1 Å². The number of nitrogens with zero attached hydrogens (tertiary/aromatic N) is 2. The van der Waals surface area contributed by atoms with Crippen LogP contribution in [0.2, 0.25) is 0 Å². The van der Waals surface area contributed by atoms with E-state index in [1.807, 2.05) is 0 Å². The van der Waals surface area contributed by atoms with Crippen molar-refractivity contribution in [3.8, 4) is 0 Å². The Morgan fingerprint density at radius 3 is 0.848 bits per heavy atom. The summed E-state index contributed by atoms with van der Waals surface area (Å²) in [6, 6.07) is 0. The monoisotopic (exact) mass is 933 g/mol. The van der Waals surface area contributed by atoms with E-state index in [2.05, 4.69) is 48.1 Å². The number of esters is 2. The first-order chi connectivity index (χ1) is 32.5. The van der Waals surface area contributed by atoms with Crippen molar-refractivity contribution in [3.63, 3.8) is 0 Å². The summed E-state index contributed by atoms with van der Waals surface area (Å²) >= 11 is 0. The summed E-state index contributed by atoms with van der Waals surface area (Å²) in [6.07, 6.45) is 49.7. The molecule has 0 aliphatic carbocycles. The second-order valence-corrected chi connectivity index (χ2v) is 20.7. The average molecular weight is 934 g/mol. The van der Waals surface area contributed by atoms with Gasteiger partial charge in [0.2, 0.25) is 0 Å². The lowest BCUT2D eigenvalue weighted by atomic mass is 10.0. The van der Waals surface area contributed by atoms with Crippen molar-refractivity contribution >= 4 is 11.9 Å². The molecule has 8 nitrogen and oxygen atoms in total. The lowest BCUT2D eigenvalue weighted by molar-refractivity contribution is -0.150. The summed E-state index contributed by atoms with van der Waals surface area (Å²) in [4.78, 5) is 30.9. The molecule has 2 atom stereocenters. The minimum absolute atomic E-state index is 0.0162. The summed E-state index contributed by atoms with van der Waals surface area (Å²) < 4.78 is 12.2. The summed E-state index contributed by atoms with van der Waals surface area (Å²) in [5, 5.41) is 7.05. The van der Waals surface area contributed by atoms with Crippen LogP contribution in [0.1, 0.15) is 285 Å². The zero-order valence-corrected chi connectivity index (χ0v) is 45.0. The lowest BCUT2D eigenvalue weighted by Crippen LogP contribution is -2.47. The summed E-state index contributed by atoms with van der Waals surface area (Å²) in [6.45, 7) is 19.2. The van der Waals surface area contributed by atoms with Crippen LogP contribution in [0.5, 0.6) is 0 Å². The molecule has 1 aliphatic heterocycles. The van der Waals surface area contributed by atoms with E-state index < -0.39 is 0 Å². The molecule has 1 fully saturated rings. The molecule has 66 heavy (non-hydrogen) atoms. The molecule has 0 spiro atoms. The number of carbonyl (C=O) groups excluding carboxylic acids is 2. The Bertz CT molecular complexity index is 930. The Morgan fingerprint density at radius 1 is 0.348 bits per heavy atom. The number of nitrogens with one attached hydrogen (secondary N) is 2. The van der Waals surface area contributed by atoms with E-state index >= 15 is 0 Å². The van der Waals surface area contributed by atoms with Crippen molar-refractivity contribution in [3.05, 3.63) is 0 Å². The maximum atomic E-state index is 12.9. The molecule has 0 aromatic heterocycles. The second-order valence-electron chi connectivity index (χ2n) is 20.7. The van der Waals surface area contributed by atoms with Gasteiger partial charge in [0, 0.05) is 39.3 Å². The molecule has 1 saturated heterocycles. The van der Waals surface area contributed by atoms with E-state index in [9.17, 15) is 9.59 Å². The van der Waals surface area contributed by atoms with E-state index in [1.165, 1.54) is 205 Å². The van der Waals surface area contributed by atoms with Crippen molar-refractivity contribution in [1.29, 1.82) is 0 Å². The van der Waals surface area contributed by atoms with Gasteiger partial charge in [-0.15, -0.1) is 0 Å². The van der Waals surface area contributed by atoms with Crippen molar-refractivity contribution in [2.75, 3.05) is 65.4 Å². The fourth-order valence-electron chi connectivity index (χ4n) is 9.76. The van der Waals surface area contributed by atoms with Crippen LogP contribution in [0, 0.1) is 0 Å². The average Bonchev–Trinajstić information content (AvgIpc) is 3.32. The standard InChI is InChI=1S/C58H116N4O4/c1-5-9-13-17-21-23-27-31-35-41-55(39-33-29-25-19-15-11-7-3)65-57(63)43-47-59-45-37-49-61-51-53-62(54-52-61)50-38-46-60-48-44-58(64)66-56(40-34-30-26-20-16-12-8-4)42-36-32-28-24-22-18-14-10-6-2/h55-56,59-60H,5-54H2,1-4H3. The largest absolute Gasteiger partial charge is 0.462 e. The minimum Gasteiger partial charge on any atom is -0.462 e. The van der Waals surface area contributed by atoms with E-state index in [-0.39, 0.29) is 24.1 Å². The van der Waals surface area contributed by atoms with Gasteiger partial charge in [-0.25, -0.2) is 0 Å². The maximum absolute atomic E-state index is 12.9. The van der Waals surface area contributed by atoms with Crippen LogP contribution in [0.15, 0.2) is 0 Å². The Hall–Kier alpha value is -1.22. The number of hydrogen-bond acceptors (Lipinski definition) is 8. The Kier molecular flexibility index (Phi) is 47.7. The molecule has 0 bridgehead atoms. The molecular formula is C58H116N4O4. The predicted octanol–water partition coefficient (Wildman–Crippen LogP) is 15.3. The van der Waals surface area contributed by atoms with Gasteiger partial charge in [0.25, 0.3) is 0 Å². The van der Waals surface area contributed by atoms with Gasteiger partial charge in [0.1, 0.15) is 12.2 Å². The number of ether oxygens (including phenoxy) is 2. The van der Waals surface area contributed by atoms with Gasteiger partial charge in [-0.3, -0.25) is 9.59 Å². The van der Waals surface area contributed by atoms with Crippen LogP contribution in [0.3, 0.4) is 0 Å². The molecule has 0 aromatic carbocycles. The molecule has 2 N–H and O–H groups in total. The number of unbranched alkanes of at least 4 members (excludes halogenated alkanes) is 28. The van der Waals surface area contributed by atoms with Crippen LogP contribution >= 0.6 is 0 Å². The van der Waals surface area contributed by atoms with Crippen LogP contribution < -0.4 is 10.6 Å². The van der Waals surface area contributed by atoms with E-state index in [4.69, 9.17) is 9.47 Å². The Balaban J connectivity index is 2.18. The third-order valence-corrected chi connectivity index (χ3v) is 14.2. The number of carbonyl (C=O) groups is 2. The maximum Gasteiger partial charge on any atom is 0.307 e. The van der Waals surface area contributed by atoms with Gasteiger partial charge >= 0.3 is 11.9 Å². The predicted molar refractivity (Wildman–Crippen MR) is 286 cm³/mol. The highest BCUT2D eigenvalue weighted by Crippen LogP contribution is 2.20. The number of hydrogen-bond donors (Lipinski definition) is 2. The second kappa shape index (κ2) is 50.2. The first-order valence-electron chi connectivity index (χ1n) is 29.8. The third-order valence-electron chi connectivity index (χ3n) is 14.2. The highest BCUT2D eigenvalue weighted by atomic mass is 16.5. The van der Waals surface area contributed by atoms with Gasteiger partial charge in [0.05, 0.1) is 12.8 Å². The van der Waals surface area contributed by atoms with E-state index in [0.29, 0.717) is 25.9 Å². The topological polar surface area (TPSA) is 83.1 Å². The molecule has 8 heteroatoms. The fraction of sp³-hybridized carbons (Fsp3) is 0.966. The molecule has 1 rings (SSSR count). The van der Waals surface area contributed by atoms with Gasteiger partial charge in [-0.2, -0.15) is 0 Å². The highest BCUT2D eigenvalue weighted by Gasteiger charge is 2.18. The Labute approximate surface area is 412 Å². The normalized spacial score (nSPS) is 14.5. The van der Waals surface area contributed by atoms with Crippen LogP contribution in [-0.4, -0.2) is 99.4 Å². The fourth-order valence-corrected chi connectivity index (χ4v) is 9.76. The zero-order chi connectivity index (χ0) is 47.6. The smallest absolute Gasteiger partial charge is 0.307 e. The van der Waals surface area contributed by atoms with E-state index in [0.717, 1.165) is 90.9 Å². The number of piperazine rings is 1. The molecule has 0 amide bonds. The van der Waals surface area contributed by atoms with Gasteiger partial charge in [-0.1, -0.05) is 207 Å². The molecule has 2 unspecified atom stereocenters. The first kappa shape index (κ1) is 62.8. The van der Waals surface area contributed by atoms with Gasteiger partial charge in [-0.05, 0) is 90.4 Å². The highest BCUT2D eigenvalue weighted by molar-refractivity contribution is 5.70. The molecule has 0 radical (unpaired) electrons. The zero-order valence-electron chi connectivity index (χ0n) is 45.0. The SMILES string of the molecule is CCCCCCCCCCCC(CCCCCCCCC)OC(=O)CCNCCCN1CCN(CCCNCCC(=O)OC(CCCCCCCCC)CCCCCCCCCCC)CC1. The molecule has 0 saturated carbocycles. The summed E-state index contributed by atoms with van der Waals surface area (Å²) in [5.74, 6) is -0.0324. The number of rotatable bonds is 52. The van der Waals surface area contributed by atoms with Crippen molar-refractivity contribution in [2.24, 2.45) is 0 Å². The summed E-state index contributed by atoms with van der Waals surface area (Å²) in [5.41, 5.74) is 0. The van der Waals surface area contributed by atoms with Crippen LogP contribution in [0.4, 0.5) is 0 Å². The molecule has 392 valence electrons. The quantitative estimate of drug-likeness (QED) is 0.0461. The van der Waals surface area contributed by atoms with Gasteiger partial charge < -0.3 is 29.9 Å². The first-order valence-corrected chi connectivity index (χ1v) is 29.8. The van der Waals surface area contributed by atoms with Crippen molar-refractivity contribution in [1.82, 2.24) is 20.4 Å². The minimum atomic E-state index is -0.0162. The molecule has 1 heterocycles. The molecular weight excluding hydrogens is 817 g/mol. The lowest BCUT2D eigenvalue weighted by Gasteiger charge is -2.34. The summed E-state index contributed by atoms with van der Waals surface area (Å²) in [7, 11) is 0. The molecule has 1 aliphatic rings. The van der Waals surface area contributed by atoms with Crippen LogP contribution in [0.25, 0.3) is 0 Å². The van der Waals surface area contributed by atoms with Gasteiger partial charge in [0.15, 0.2) is 0 Å². The molecule has 0 aromatic rings.